The van der Waals surface area contributed by atoms with Gasteiger partial charge < -0.3 is 15.5 Å². The second-order valence-corrected chi connectivity index (χ2v) is 12.4. The Bertz CT molecular complexity index is 1380. The van der Waals surface area contributed by atoms with Crippen molar-refractivity contribution in [1.82, 2.24) is 20.9 Å². The Balaban J connectivity index is 1.18. The van der Waals surface area contributed by atoms with Gasteiger partial charge in [-0.2, -0.15) is 0 Å². The average molecular weight is 567 g/mol. The van der Waals surface area contributed by atoms with Crippen LogP contribution in [-0.2, 0) is 22.4 Å². The highest BCUT2D eigenvalue weighted by Gasteiger charge is 2.78. The van der Waals surface area contributed by atoms with E-state index >= 15 is 0 Å². The highest BCUT2D eigenvalue weighted by Crippen LogP contribution is 2.40. The summed E-state index contributed by atoms with van der Waals surface area (Å²) in [6.45, 7) is -0.0413. The number of nitrogens with zero attached hydrogens (tertiary/aromatic N) is 2. The molecule has 13 nitrogen and oxygen atoms in total. The van der Waals surface area contributed by atoms with Gasteiger partial charge >= 0.3 is 11.9 Å². The number of benzene rings is 1. The van der Waals surface area contributed by atoms with E-state index in [1.807, 2.05) is 12.1 Å². The summed E-state index contributed by atoms with van der Waals surface area (Å²) >= 11 is 0. The first-order valence-corrected chi connectivity index (χ1v) is 14.7. The van der Waals surface area contributed by atoms with E-state index < -0.39 is 35.5 Å². The number of carbonyl (C=O) groups excluding carboxylic acids is 3. The first kappa shape index (κ1) is 26.2. The molecule has 4 heterocycles. The molecule has 1 spiro atoms. The van der Waals surface area contributed by atoms with Crippen molar-refractivity contribution in [1.29, 1.82) is 0 Å². The van der Waals surface area contributed by atoms with Crippen molar-refractivity contribution < 1.29 is 34.2 Å². The fourth-order valence-corrected chi connectivity index (χ4v) is 8.23. The van der Waals surface area contributed by atoms with Crippen LogP contribution in [0.1, 0.15) is 60.0 Å². The molecular weight excluding hydrogens is 528 g/mol. The quantitative estimate of drug-likeness (QED) is 0.101. The minimum Gasteiger partial charge on any atom is -0.358 e. The molecule has 2 saturated heterocycles. The molecule has 41 heavy (non-hydrogen) atoms. The predicted molar refractivity (Wildman–Crippen MR) is 145 cm³/mol. The normalized spacial score (nSPS) is 35.1. The highest BCUT2D eigenvalue weighted by molar-refractivity contribution is 6.05. The third-order valence-corrected chi connectivity index (χ3v) is 10.2. The maximum Gasteiger partial charge on any atom is 0.347 e. The van der Waals surface area contributed by atoms with Gasteiger partial charge in [0, 0.05) is 5.56 Å². The monoisotopic (exact) mass is 566 g/mol. The second kappa shape index (κ2) is 9.15. The zero-order valence-electron chi connectivity index (χ0n) is 22.9. The van der Waals surface area contributed by atoms with Crippen molar-refractivity contribution in [3.63, 3.8) is 0 Å². The molecule has 3 fully saturated rings. The Morgan fingerprint density at radius 1 is 1.10 bits per heavy atom. The number of hydrogen-bond acceptors (Lipinski definition) is 9. The SMILES string of the molecule is NC1=[NH+][C@H]2[C@H](CN3C(=O)C4CCCCC4C3=O)NC(N)=[N+]3CC(NC(=O)c4cccc5c4CCCC5)C(O)(O)[C@]23N1. The summed E-state index contributed by atoms with van der Waals surface area (Å²) in [4.78, 5) is 44.4. The predicted octanol–water partition coefficient (Wildman–Crippen LogP) is -4.10. The van der Waals surface area contributed by atoms with Crippen molar-refractivity contribution in [2.24, 2.45) is 23.3 Å². The maximum atomic E-state index is 13.5. The zero-order valence-corrected chi connectivity index (χ0v) is 22.9. The molecule has 1 aromatic rings. The van der Waals surface area contributed by atoms with Crippen LogP contribution in [0.2, 0.25) is 0 Å². The molecule has 0 bridgehead atoms. The molecule has 10 N–H and O–H groups in total. The number of carbonyl (C=O) groups is 3. The number of likely N-dealkylation sites (tertiary alicyclic amines) is 1. The molecule has 13 heteroatoms. The van der Waals surface area contributed by atoms with Crippen LogP contribution in [0, 0.1) is 11.8 Å². The first-order chi connectivity index (χ1) is 19.6. The molecule has 3 amide bonds. The van der Waals surface area contributed by atoms with E-state index in [2.05, 4.69) is 20.9 Å². The summed E-state index contributed by atoms with van der Waals surface area (Å²) in [6.07, 6.45) is 7.01. The Labute approximate surface area is 237 Å². The lowest BCUT2D eigenvalue weighted by Crippen LogP contribution is -2.92. The lowest BCUT2D eigenvalue weighted by molar-refractivity contribution is -0.674. The molecule has 6 atom stereocenters. The molecule has 6 aliphatic rings. The Kier molecular flexibility index (Phi) is 5.85. The fraction of sp³-hybridized carbons (Fsp3) is 0.607. The van der Waals surface area contributed by atoms with Crippen LogP contribution in [0.5, 0.6) is 0 Å². The number of aliphatic hydroxyl groups is 2. The number of imide groups is 1. The number of fused-ring (bicyclic) bond motifs is 2. The smallest absolute Gasteiger partial charge is 0.347 e. The Morgan fingerprint density at radius 2 is 1.80 bits per heavy atom. The van der Waals surface area contributed by atoms with Gasteiger partial charge in [0.05, 0.1) is 24.9 Å². The number of rotatable bonds is 4. The van der Waals surface area contributed by atoms with E-state index in [9.17, 15) is 24.6 Å². The number of nitrogens with one attached hydrogen (secondary N) is 4. The molecule has 4 aliphatic heterocycles. The molecule has 1 aromatic carbocycles. The third-order valence-electron chi connectivity index (χ3n) is 10.2. The van der Waals surface area contributed by atoms with Crippen LogP contribution in [-0.4, -0.2) is 92.0 Å². The van der Waals surface area contributed by atoms with Gasteiger partial charge in [0.2, 0.25) is 11.8 Å². The first-order valence-electron chi connectivity index (χ1n) is 14.7. The van der Waals surface area contributed by atoms with Crippen molar-refractivity contribution >= 4 is 29.6 Å². The molecule has 3 unspecified atom stereocenters. The average Bonchev–Trinajstić information content (AvgIpc) is 3.52. The van der Waals surface area contributed by atoms with Crippen LogP contribution in [0.15, 0.2) is 18.2 Å². The second-order valence-electron chi connectivity index (χ2n) is 12.4. The summed E-state index contributed by atoms with van der Waals surface area (Å²) < 4.78 is 1.56. The number of aryl methyl sites for hydroxylation is 1. The van der Waals surface area contributed by atoms with Crippen molar-refractivity contribution in [3.05, 3.63) is 34.9 Å². The van der Waals surface area contributed by atoms with E-state index in [1.54, 1.807) is 10.6 Å². The Hall–Kier alpha value is -3.71. The Morgan fingerprint density at radius 3 is 2.54 bits per heavy atom. The van der Waals surface area contributed by atoms with E-state index in [0.717, 1.165) is 49.7 Å². The highest BCUT2D eigenvalue weighted by atomic mass is 16.5. The van der Waals surface area contributed by atoms with Gasteiger partial charge in [-0.3, -0.25) is 41.1 Å². The molecule has 2 aliphatic carbocycles. The summed E-state index contributed by atoms with van der Waals surface area (Å²) in [5, 5.41) is 32.7. The molecule has 7 rings (SSSR count). The summed E-state index contributed by atoms with van der Waals surface area (Å²) in [6, 6.07) is 2.99. The minimum atomic E-state index is -2.55. The third kappa shape index (κ3) is 3.64. The number of hydrogen-bond donors (Lipinski definition) is 8. The molecular formula is C28H38N8O5+2. The lowest BCUT2D eigenvalue weighted by Gasteiger charge is -2.41. The number of amides is 3. The number of guanidine groups is 2. The summed E-state index contributed by atoms with van der Waals surface area (Å²) in [7, 11) is 0. The van der Waals surface area contributed by atoms with E-state index in [1.165, 1.54) is 4.90 Å². The largest absolute Gasteiger partial charge is 0.358 e. The molecule has 0 radical (unpaired) electrons. The van der Waals surface area contributed by atoms with Crippen molar-refractivity contribution in [2.75, 3.05) is 13.1 Å². The molecule has 218 valence electrons. The van der Waals surface area contributed by atoms with Crippen LogP contribution in [0.25, 0.3) is 0 Å². The van der Waals surface area contributed by atoms with Gasteiger partial charge in [0.25, 0.3) is 17.4 Å². The van der Waals surface area contributed by atoms with Crippen LogP contribution in [0.4, 0.5) is 0 Å². The number of nitrogens with two attached hydrogens (primary N) is 2. The lowest BCUT2D eigenvalue weighted by atomic mass is 9.81. The summed E-state index contributed by atoms with van der Waals surface area (Å²) in [5.41, 5.74) is 13.6. The van der Waals surface area contributed by atoms with E-state index in [4.69, 9.17) is 11.5 Å². The van der Waals surface area contributed by atoms with E-state index in [-0.39, 0.29) is 48.7 Å². The molecule has 0 aromatic heterocycles. The standard InChI is InChI=1S/C28H36N8O5/c29-25-33-21-19(12-35-23(38)17-9-3-4-10-18(17)24(35)39)31-26(30)36-13-20(28(40,41)27(21,36)34-25)32-22(37)16-11-5-7-14-6-1-2-8-15(14)16/h5,7,11,17-21,40-41H,1-4,6,8-10,12-13H2,(H6,29,30,31,32,33,34,37)/p+2/t17?,18?,19-,20?,21-,27-/m0/s1. The minimum absolute atomic E-state index is 0.0170. The van der Waals surface area contributed by atoms with Crippen LogP contribution in [0.3, 0.4) is 0 Å². The maximum absolute atomic E-state index is 13.5. The van der Waals surface area contributed by atoms with Crippen LogP contribution >= 0.6 is 0 Å². The van der Waals surface area contributed by atoms with Crippen molar-refractivity contribution in [3.8, 4) is 0 Å². The van der Waals surface area contributed by atoms with Gasteiger partial charge in [-0.15, -0.1) is 0 Å². The molecule has 1 saturated carbocycles. The summed E-state index contributed by atoms with van der Waals surface area (Å²) in [5.74, 6) is -3.73. The van der Waals surface area contributed by atoms with Gasteiger partial charge in [-0.05, 0) is 55.7 Å². The fourth-order valence-electron chi connectivity index (χ4n) is 8.23. The van der Waals surface area contributed by atoms with Gasteiger partial charge in [-0.1, -0.05) is 25.0 Å². The van der Waals surface area contributed by atoms with Gasteiger partial charge in [-0.25, -0.2) is 9.89 Å². The van der Waals surface area contributed by atoms with E-state index in [0.29, 0.717) is 18.4 Å². The van der Waals surface area contributed by atoms with Gasteiger partial charge in [0.1, 0.15) is 12.1 Å². The van der Waals surface area contributed by atoms with Crippen LogP contribution < -0.4 is 32.4 Å². The van der Waals surface area contributed by atoms with Crippen molar-refractivity contribution in [2.45, 2.75) is 80.9 Å². The topological polar surface area (TPSA) is 200 Å². The van der Waals surface area contributed by atoms with Gasteiger partial charge in [0.15, 0.2) is 6.04 Å². The zero-order chi connectivity index (χ0) is 28.7.